The Morgan fingerprint density at radius 3 is 2.33 bits per heavy atom. The summed E-state index contributed by atoms with van der Waals surface area (Å²) in [7, 11) is 0. The largest absolute Gasteiger partial charge is 0.419 e. The second-order valence-corrected chi connectivity index (χ2v) is 10.7. The van der Waals surface area contributed by atoms with Gasteiger partial charge in [0, 0.05) is 57.6 Å². The third-order valence-corrected chi connectivity index (χ3v) is 8.41. The maximum Gasteiger partial charge on any atom is 0.419 e. The summed E-state index contributed by atoms with van der Waals surface area (Å²) in [5, 5.41) is 3.74. The van der Waals surface area contributed by atoms with E-state index in [0.717, 1.165) is 42.6 Å². The number of alkyl halides is 3. The predicted molar refractivity (Wildman–Crippen MR) is 135 cm³/mol. The molecule has 6 rings (SSSR count). The van der Waals surface area contributed by atoms with Crippen LogP contribution in [0, 0.1) is 11.8 Å². The molecule has 4 fully saturated rings. The minimum atomic E-state index is -4.42. The van der Waals surface area contributed by atoms with Crippen molar-refractivity contribution >= 4 is 23.4 Å². The van der Waals surface area contributed by atoms with Crippen molar-refractivity contribution in [3.05, 3.63) is 30.0 Å². The summed E-state index contributed by atoms with van der Waals surface area (Å²) in [4.78, 5) is 20.1. The number of hydrogen-bond acceptors (Lipinski definition) is 7. The Morgan fingerprint density at radius 2 is 1.64 bits per heavy atom. The van der Waals surface area contributed by atoms with Crippen LogP contribution in [0.15, 0.2) is 24.4 Å². The van der Waals surface area contributed by atoms with Crippen LogP contribution >= 0.6 is 0 Å². The summed E-state index contributed by atoms with van der Waals surface area (Å²) in [5.74, 6) is 4.08. The highest BCUT2D eigenvalue weighted by Crippen LogP contribution is 2.45. The number of halogens is 3. The maximum absolute atomic E-state index is 13.5. The van der Waals surface area contributed by atoms with Gasteiger partial charge in [-0.05, 0) is 62.5 Å². The Bertz CT molecular complexity index is 1060. The third kappa shape index (κ3) is 4.78. The van der Waals surface area contributed by atoms with Crippen molar-refractivity contribution in [1.29, 1.82) is 0 Å². The highest BCUT2D eigenvalue weighted by Gasteiger charge is 2.40. The average molecular weight is 502 g/mol. The van der Waals surface area contributed by atoms with Crippen LogP contribution in [-0.4, -0.2) is 60.3 Å². The zero-order valence-electron chi connectivity index (χ0n) is 20.6. The number of rotatable bonds is 5. The van der Waals surface area contributed by atoms with Gasteiger partial charge in [0.2, 0.25) is 5.95 Å². The molecule has 4 aliphatic rings. The fourth-order valence-corrected chi connectivity index (χ4v) is 6.52. The first-order chi connectivity index (χ1) is 17.4. The Hall–Kier alpha value is -2.78. The predicted octanol–water partition coefficient (Wildman–Crippen LogP) is 4.81. The normalized spacial score (nSPS) is 26.5. The van der Waals surface area contributed by atoms with Crippen molar-refractivity contribution in [2.75, 3.05) is 59.3 Å². The number of hydrogen-bond donors (Lipinski definition) is 1. The highest BCUT2D eigenvalue weighted by atomic mass is 19.4. The van der Waals surface area contributed by atoms with Crippen LogP contribution in [-0.2, 0) is 6.18 Å². The van der Waals surface area contributed by atoms with E-state index < -0.39 is 11.7 Å². The highest BCUT2D eigenvalue weighted by molar-refractivity contribution is 5.56. The summed E-state index contributed by atoms with van der Waals surface area (Å²) >= 11 is 0. The van der Waals surface area contributed by atoms with Gasteiger partial charge in [0.05, 0.1) is 5.56 Å². The third-order valence-electron chi connectivity index (χ3n) is 8.41. The molecule has 2 aromatic rings. The molecule has 2 saturated carbocycles. The lowest BCUT2D eigenvalue weighted by Gasteiger charge is -2.37. The van der Waals surface area contributed by atoms with E-state index >= 15 is 0 Å². The molecule has 2 aromatic heterocycles. The second kappa shape index (κ2) is 9.59. The van der Waals surface area contributed by atoms with Gasteiger partial charge in [0.1, 0.15) is 17.5 Å². The molecule has 0 radical (unpaired) electrons. The van der Waals surface area contributed by atoms with Gasteiger partial charge in [0.15, 0.2) is 0 Å². The minimum Gasteiger partial charge on any atom is -0.367 e. The van der Waals surface area contributed by atoms with E-state index in [2.05, 4.69) is 26.2 Å². The van der Waals surface area contributed by atoms with E-state index in [0.29, 0.717) is 38.2 Å². The topological polar surface area (TPSA) is 60.4 Å². The molecule has 0 amide bonds. The van der Waals surface area contributed by atoms with Gasteiger partial charge in [0.25, 0.3) is 0 Å². The maximum atomic E-state index is 13.5. The molecule has 2 aliphatic heterocycles. The van der Waals surface area contributed by atoms with Crippen LogP contribution in [0.4, 0.5) is 36.6 Å². The molecule has 1 N–H and O–H groups in total. The first kappa shape index (κ1) is 23.6. The van der Waals surface area contributed by atoms with Crippen LogP contribution in [0.5, 0.6) is 0 Å². The standard InChI is InChI=1S/C26H34F3N7/c27-26(28,29)20-5-4-8-30-24(20)35-11-13-36(14-12-35)25-32-22(31-21-16-18-6-7-19(21)15-18)17-23(33-25)34-9-2-1-3-10-34/h4-5,8,17-19,21H,1-3,6-7,9-16H2,(H,31,32,33). The van der Waals surface area contributed by atoms with Gasteiger partial charge < -0.3 is 20.0 Å². The summed E-state index contributed by atoms with van der Waals surface area (Å²) < 4.78 is 40.6. The number of fused-ring (bicyclic) bond motifs is 2. The number of piperidine rings is 1. The first-order valence-electron chi connectivity index (χ1n) is 13.4. The quantitative estimate of drug-likeness (QED) is 0.631. The molecule has 7 nitrogen and oxygen atoms in total. The monoisotopic (exact) mass is 501 g/mol. The first-order valence-corrected chi connectivity index (χ1v) is 13.4. The van der Waals surface area contributed by atoms with Gasteiger partial charge in [-0.2, -0.15) is 23.1 Å². The summed E-state index contributed by atoms with van der Waals surface area (Å²) in [6, 6.07) is 5.02. The van der Waals surface area contributed by atoms with Gasteiger partial charge in [-0.25, -0.2) is 4.98 Å². The molecule has 0 spiro atoms. The van der Waals surface area contributed by atoms with E-state index in [4.69, 9.17) is 9.97 Å². The molecule has 2 bridgehead atoms. The summed E-state index contributed by atoms with van der Waals surface area (Å²) in [5.41, 5.74) is -0.681. The van der Waals surface area contributed by atoms with E-state index in [9.17, 15) is 13.2 Å². The number of nitrogens with zero attached hydrogens (tertiary/aromatic N) is 6. The number of pyridine rings is 1. The number of anilines is 4. The summed E-state index contributed by atoms with van der Waals surface area (Å²) in [6.07, 6.45) is 5.78. The van der Waals surface area contributed by atoms with Crippen molar-refractivity contribution in [1.82, 2.24) is 15.0 Å². The number of nitrogens with one attached hydrogen (secondary N) is 1. The number of aromatic nitrogens is 3. The average Bonchev–Trinajstić information content (AvgIpc) is 3.52. The van der Waals surface area contributed by atoms with Crippen molar-refractivity contribution in [2.24, 2.45) is 11.8 Å². The summed E-state index contributed by atoms with van der Waals surface area (Å²) in [6.45, 7) is 3.96. The Labute approximate surface area is 210 Å². The SMILES string of the molecule is FC(F)(F)c1cccnc1N1CCN(c2nc(NC3CC4CCC3C4)cc(N3CCCCC3)n2)CC1. The van der Waals surface area contributed by atoms with Crippen molar-refractivity contribution in [2.45, 2.75) is 57.2 Å². The molecule has 3 atom stereocenters. The second-order valence-electron chi connectivity index (χ2n) is 10.7. The van der Waals surface area contributed by atoms with E-state index in [1.165, 1.54) is 57.2 Å². The zero-order valence-corrected chi connectivity index (χ0v) is 20.6. The van der Waals surface area contributed by atoms with Crippen molar-refractivity contribution in [3.8, 4) is 0 Å². The molecule has 36 heavy (non-hydrogen) atoms. The molecule has 2 aliphatic carbocycles. The zero-order chi connectivity index (χ0) is 24.7. The molecule has 194 valence electrons. The molecule has 4 heterocycles. The van der Waals surface area contributed by atoms with Crippen molar-refractivity contribution < 1.29 is 13.2 Å². The van der Waals surface area contributed by atoms with Gasteiger partial charge in [-0.1, -0.05) is 6.42 Å². The molecular formula is C26H34F3N7. The Balaban J connectivity index is 1.21. The van der Waals surface area contributed by atoms with Gasteiger partial charge in [-0.15, -0.1) is 0 Å². The molecule has 0 aromatic carbocycles. The van der Waals surface area contributed by atoms with E-state index in [-0.39, 0.29) is 5.82 Å². The van der Waals surface area contributed by atoms with E-state index in [1.807, 2.05) is 0 Å². The fraction of sp³-hybridized carbons (Fsp3) is 0.654. The van der Waals surface area contributed by atoms with Crippen LogP contribution in [0.25, 0.3) is 0 Å². The molecule has 10 heteroatoms. The van der Waals surface area contributed by atoms with E-state index in [1.54, 1.807) is 4.90 Å². The Kier molecular flexibility index (Phi) is 6.29. The lowest BCUT2D eigenvalue weighted by Crippen LogP contribution is -2.48. The van der Waals surface area contributed by atoms with Gasteiger partial charge >= 0.3 is 6.18 Å². The number of piperazine rings is 1. The molecule has 3 unspecified atom stereocenters. The molecular weight excluding hydrogens is 467 g/mol. The van der Waals surface area contributed by atoms with Crippen LogP contribution in [0.2, 0.25) is 0 Å². The van der Waals surface area contributed by atoms with Crippen LogP contribution in [0.1, 0.15) is 50.5 Å². The minimum absolute atomic E-state index is 0.00581. The smallest absolute Gasteiger partial charge is 0.367 e. The lowest BCUT2D eigenvalue weighted by molar-refractivity contribution is -0.137. The van der Waals surface area contributed by atoms with Crippen molar-refractivity contribution in [3.63, 3.8) is 0 Å². The lowest BCUT2D eigenvalue weighted by atomic mass is 9.95. The Morgan fingerprint density at radius 1 is 0.861 bits per heavy atom. The van der Waals surface area contributed by atoms with Gasteiger partial charge in [-0.3, -0.25) is 0 Å². The van der Waals surface area contributed by atoms with Crippen LogP contribution in [0.3, 0.4) is 0 Å². The van der Waals surface area contributed by atoms with Crippen LogP contribution < -0.4 is 20.0 Å². The fourth-order valence-electron chi connectivity index (χ4n) is 6.52. The molecule has 2 saturated heterocycles.